The largest absolute Gasteiger partial charge is 3.00 e. The van der Waals surface area contributed by atoms with Crippen LogP contribution in [0.1, 0.15) is 11.4 Å². The van der Waals surface area contributed by atoms with Crippen LogP contribution in [0.5, 0.6) is 0 Å². The predicted molar refractivity (Wildman–Crippen MR) is 62.6 cm³/mol. The summed E-state index contributed by atoms with van der Waals surface area (Å²) in [5.41, 5.74) is 6.63. The van der Waals surface area contributed by atoms with E-state index in [9.17, 15) is 0 Å². The fourth-order valence-electron chi connectivity index (χ4n) is 0.931. The molecule has 0 amide bonds. The quantitative estimate of drug-likeness (QED) is 0.336. The average Bonchev–Trinajstić information content (AvgIpc) is 2.23. The second-order valence-corrected chi connectivity index (χ2v) is 3.04. The van der Waals surface area contributed by atoms with Crippen molar-refractivity contribution in [3.63, 3.8) is 0 Å². The summed E-state index contributed by atoms with van der Waals surface area (Å²) < 4.78 is 0. The molecule has 5 nitrogen and oxygen atoms in total. The minimum absolute atomic E-state index is 0. The first-order valence-corrected chi connectivity index (χ1v) is 4.71. The summed E-state index contributed by atoms with van der Waals surface area (Å²) in [6.45, 7) is 0. The van der Waals surface area contributed by atoms with Crippen LogP contribution in [-0.2, 0) is 0 Å². The molecule has 0 aliphatic rings. The first-order chi connectivity index (χ1) is 7.26. The summed E-state index contributed by atoms with van der Waals surface area (Å²) in [6.07, 6.45) is 3.17. The zero-order valence-corrected chi connectivity index (χ0v) is 16.4. The van der Waals surface area contributed by atoms with Gasteiger partial charge < -0.3 is 48.1 Å². The van der Waals surface area contributed by atoms with Crippen molar-refractivity contribution in [3.8, 4) is 0 Å². The summed E-state index contributed by atoms with van der Waals surface area (Å²) in [6, 6.07) is 3.44. The number of hydrogen-bond donors (Lipinski definition) is 2. The van der Waals surface area contributed by atoms with Crippen LogP contribution in [-0.4, -0.2) is 31.5 Å². The van der Waals surface area contributed by atoms with E-state index in [1.807, 2.05) is 0 Å². The predicted octanol–water partition coefficient (Wildman–Crippen LogP) is -8.15. The van der Waals surface area contributed by atoms with Crippen LogP contribution in [0.15, 0.2) is 22.3 Å². The molecule has 0 saturated heterocycles. The van der Waals surface area contributed by atoms with Crippen LogP contribution < -0.4 is 48.1 Å². The number of hydrazone groups is 2. The molecule has 1 heterocycles. The zero-order valence-electron chi connectivity index (χ0n) is 10.2. The molecule has 0 spiro atoms. The maximum Gasteiger partial charge on any atom is 3.00 e. The van der Waals surface area contributed by atoms with Gasteiger partial charge in [0, 0.05) is 19.1 Å². The van der Waals surface area contributed by atoms with Crippen molar-refractivity contribution < 1.29 is 78.1 Å². The van der Waals surface area contributed by atoms with Gasteiger partial charge in [-0.05, 0) is 12.1 Å². The molecule has 1 aromatic rings. The van der Waals surface area contributed by atoms with E-state index in [1.54, 1.807) is 38.7 Å². The molecular formula is C9H12Cl4N5Nd. The van der Waals surface area contributed by atoms with E-state index in [0.717, 1.165) is 0 Å². The third-order valence-corrected chi connectivity index (χ3v) is 1.70. The Kier molecular flexibility index (Phi) is 24.4. The molecule has 0 fully saturated rings. The molecule has 0 bridgehead atoms. The van der Waals surface area contributed by atoms with E-state index in [0.29, 0.717) is 16.4 Å². The van der Waals surface area contributed by atoms with Crippen LogP contribution >= 0.6 is 11.6 Å². The number of aromatic nitrogens is 1. The van der Waals surface area contributed by atoms with Crippen LogP contribution in [0.4, 0.5) is 0 Å². The third-order valence-electron chi connectivity index (χ3n) is 1.48. The number of hydrogen-bond acceptors (Lipinski definition) is 5. The van der Waals surface area contributed by atoms with Gasteiger partial charge in [-0.2, -0.15) is 10.2 Å². The topological polar surface area (TPSA) is 61.7 Å². The summed E-state index contributed by atoms with van der Waals surface area (Å²) in [5.74, 6) is 0. The second-order valence-electron chi connectivity index (χ2n) is 2.60. The normalized spacial score (nSPS) is 8.79. The first-order valence-electron chi connectivity index (χ1n) is 4.33. The maximum atomic E-state index is 5.90. The summed E-state index contributed by atoms with van der Waals surface area (Å²) in [7, 11) is 3.43. The molecule has 0 atom stereocenters. The van der Waals surface area contributed by atoms with Gasteiger partial charge in [0.05, 0.1) is 23.8 Å². The van der Waals surface area contributed by atoms with Gasteiger partial charge in [0.2, 0.25) is 0 Å². The van der Waals surface area contributed by atoms with E-state index in [2.05, 4.69) is 26.0 Å². The maximum absolute atomic E-state index is 5.90. The zero-order chi connectivity index (χ0) is 11.1. The van der Waals surface area contributed by atoms with Gasteiger partial charge in [0.15, 0.2) is 0 Å². The number of nitrogens with zero attached hydrogens (tertiary/aromatic N) is 3. The van der Waals surface area contributed by atoms with Gasteiger partial charge >= 0.3 is 40.8 Å². The Morgan fingerprint density at radius 2 is 1.37 bits per heavy atom. The van der Waals surface area contributed by atoms with Gasteiger partial charge in [-0.15, -0.1) is 0 Å². The Hall–Kier alpha value is 0.601. The molecule has 1 radical (unpaired) electrons. The Labute approximate surface area is 169 Å². The van der Waals surface area contributed by atoms with Crippen LogP contribution in [0.25, 0.3) is 0 Å². The minimum atomic E-state index is 0. The molecule has 19 heavy (non-hydrogen) atoms. The Morgan fingerprint density at radius 1 is 1.00 bits per heavy atom. The Bertz CT molecular complexity index is 357. The van der Waals surface area contributed by atoms with E-state index in [4.69, 9.17) is 11.6 Å². The molecule has 1 rings (SSSR count). The molecule has 0 aliphatic heterocycles. The molecule has 0 aliphatic carbocycles. The third kappa shape index (κ3) is 12.1. The van der Waals surface area contributed by atoms with Crippen molar-refractivity contribution in [2.24, 2.45) is 10.2 Å². The monoisotopic (exact) mass is 472 g/mol. The molecular weight excluding hydrogens is 464 g/mol. The molecule has 0 saturated carbocycles. The number of halogens is 4. The molecule has 1 aromatic heterocycles. The first kappa shape index (κ1) is 27.9. The summed E-state index contributed by atoms with van der Waals surface area (Å²) >= 11 is 5.90. The summed E-state index contributed by atoms with van der Waals surface area (Å²) in [5, 5.41) is 8.29. The Balaban J connectivity index is -0.000000281. The molecule has 0 unspecified atom stereocenters. The number of rotatable bonds is 4. The van der Waals surface area contributed by atoms with Crippen LogP contribution in [0.2, 0.25) is 5.02 Å². The van der Waals surface area contributed by atoms with Crippen molar-refractivity contribution in [2.75, 3.05) is 14.1 Å². The summed E-state index contributed by atoms with van der Waals surface area (Å²) in [4.78, 5) is 4.25. The second kappa shape index (κ2) is 16.7. The van der Waals surface area contributed by atoms with Crippen molar-refractivity contribution >= 4 is 24.0 Å². The fraction of sp³-hybridized carbons (Fsp3) is 0.222. The molecule has 2 N–H and O–H groups in total. The van der Waals surface area contributed by atoms with Gasteiger partial charge in [-0.1, -0.05) is 11.6 Å². The van der Waals surface area contributed by atoms with Crippen LogP contribution in [0.3, 0.4) is 0 Å². The van der Waals surface area contributed by atoms with E-state index in [1.165, 1.54) is 0 Å². The standard InChI is InChI=1S/C9H12ClN5.3ClH.Nd/c1-11-13-5-8-3-7(10)4-9(15-8)6-14-12-2;;;;/h3-6,11-12H,1-2H3;3*1H;/q;;;;+3/p-3. The molecule has 0 aromatic carbocycles. The molecule has 10 heteroatoms. The van der Waals surface area contributed by atoms with Gasteiger partial charge in [0.25, 0.3) is 0 Å². The minimum Gasteiger partial charge on any atom is -1.00 e. The van der Waals surface area contributed by atoms with Gasteiger partial charge in [-0.25, -0.2) is 4.98 Å². The van der Waals surface area contributed by atoms with Gasteiger partial charge in [0.1, 0.15) is 0 Å². The van der Waals surface area contributed by atoms with E-state index >= 15 is 0 Å². The Morgan fingerprint density at radius 3 is 1.68 bits per heavy atom. The van der Waals surface area contributed by atoms with Crippen LogP contribution in [0, 0.1) is 40.8 Å². The van der Waals surface area contributed by atoms with E-state index < -0.39 is 0 Å². The SMILES string of the molecule is CNN=Cc1cc(Cl)cc(C=NNC)n1.[Cl-].[Cl-].[Cl-].[Nd+3]. The van der Waals surface area contributed by atoms with E-state index in [-0.39, 0.29) is 78.1 Å². The van der Waals surface area contributed by atoms with Crippen molar-refractivity contribution in [2.45, 2.75) is 0 Å². The van der Waals surface area contributed by atoms with Crippen molar-refractivity contribution in [1.82, 2.24) is 15.8 Å². The number of pyridine rings is 1. The van der Waals surface area contributed by atoms with Crippen molar-refractivity contribution in [3.05, 3.63) is 28.5 Å². The van der Waals surface area contributed by atoms with Gasteiger partial charge in [-0.3, -0.25) is 0 Å². The average molecular weight is 476 g/mol. The van der Waals surface area contributed by atoms with Crippen molar-refractivity contribution in [1.29, 1.82) is 0 Å². The smallest absolute Gasteiger partial charge is 1.00 e. The molecule has 105 valence electrons. The fourth-order valence-corrected chi connectivity index (χ4v) is 1.16. The number of nitrogens with one attached hydrogen (secondary N) is 2.